The highest BCUT2D eigenvalue weighted by atomic mass is 16.5. The smallest absolute Gasteiger partial charge is 0.161 e. The van der Waals surface area contributed by atoms with Gasteiger partial charge in [0.2, 0.25) is 0 Å². The van der Waals surface area contributed by atoms with Gasteiger partial charge < -0.3 is 19.5 Å². The number of methoxy groups -OCH3 is 1. The minimum absolute atomic E-state index is 0.379. The average molecular weight is 265 g/mol. The van der Waals surface area contributed by atoms with Gasteiger partial charge in [-0.2, -0.15) is 0 Å². The van der Waals surface area contributed by atoms with Crippen LogP contribution in [0.15, 0.2) is 18.2 Å². The van der Waals surface area contributed by atoms with Crippen molar-refractivity contribution in [3.63, 3.8) is 0 Å². The molecule has 1 atom stereocenters. The molecule has 2 rings (SSSR count). The van der Waals surface area contributed by atoms with Crippen molar-refractivity contribution >= 4 is 0 Å². The van der Waals surface area contributed by atoms with E-state index in [1.807, 2.05) is 19.1 Å². The van der Waals surface area contributed by atoms with Crippen molar-refractivity contribution < 1.29 is 14.2 Å². The second-order valence-electron chi connectivity index (χ2n) is 4.68. The molecule has 1 aromatic rings. The fourth-order valence-corrected chi connectivity index (χ4v) is 2.28. The quantitative estimate of drug-likeness (QED) is 0.821. The molecule has 0 unspecified atom stereocenters. The van der Waals surface area contributed by atoms with Gasteiger partial charge in [-0.25, -0.2) is 0 Å². The van der Waals surface area contributed by atoms with Gasteiger partial charge in [-0.05, 0) is 37.5 Å². The maximum absolute atomic E-state index is 5.58. The highest BCUT2D eigenvalue weighted by Crippen LogP contribution is 2.28. The fourth-order valence-electron chi connectivity index (χ4n) is 2.28. The van der Waals surface area contributed by atoms with E-state index in [-0.39, 0.29) is 0 Å². The van der Waals surface area contributed by atoms with E-state index in [0.29, 0.717) is 12.7 Å². The Hall–Kier alpha value is -1.26. The molecule has 1 fully saturated rings. The van der Waals surface area contributed by atoms with Gasteiger partial charge in [0.25, 0.3) is 0 Å². The Labute approximate surface area is 115 Å². The predicted octanol–water partition coefficient (Wildman–Crippen LogP) is 2.36. The zero-order valence-corrected chi connectivity index (χ0v) is 11.8. The van der Waals surface area contributed by atoms with Crippen LogP contribution in [-0.4, -0.2) is 33.0 Å². The van der Waals surface area contributed by atoms with Gasteiger partial charge in [0.15, 0.2) is 11.5 Å². The van der Waals surface area contributed by atoms with Crippen LogP contribution in [0.1, 0.15) is 25.3 Å². The normalized spacial score (nSPS) is 18.5. The van der Waals surface area contributed by atoms with Crippen LogP contribution in [0.3, 0.4) is 0 Å². The first kappa shape index (κ1) is 14.2. The summed E-state index contributed by atoms with van der Waals surface area (Å²) in [6.45, 7) is 5.26. The number of benzene rings is 1. The van der Waals surface area contributed by atoms with E-state index < -0.39 is 0 Å². The monoisotopic (exact) mass is 265 g/mol. The largest absolute Gasteiger partial charge is 0.493 e. The van der Waals surface area contributed by atoms with Gasteiger partial charge in [-0.3, -0.25) is 0 Å². The molecule has 19 heavy (non-hydrogen) atoms. The lowest BCUT2D eigenvalue weighted by Gasteiger charge is -2.13. The Balaban J connectivity index is 1.86. The number of rotatable bonds is 7. The van der Waals surface area contributed by atoms with Crippen molar-refractivity contribution in [1.29, 1.82) is 0 Å². The zero-order valence-electron chi connectivity index (χ0n) is 11.8. The zero-order chi connectivity index (χ0) is 13.5. The molecule has 0 amide bonds. The lowest BCUT2D eigenvalue weighted by Crippen LogP contribution is -2.25. The third-order valence-electron chi connectivity index (χ3n) is 3.25. The Morgan fingerprint density at radius 1 is 1.37 bits per heavy atom. The molecule has 4 heteroatoms. The second-order valence-corrected chi connectivity index (χ2v) is 4.68. The minimum atomic E-state index is 0.379. The molecule has 0 aliphatic carbocycles. The van der Waals surface area contributed by atoms with Gasteiger partial charge in [0, 0.05) is 19.7 Å². The summed E-state index contributed by atoms with van der Waals surface area (Å²) in [6, 6.07) is 6.04. The van der Waals surface area contributed by atoms with Crippen molar-refractivity contribution in [2.24, 2.45) is 0 Å². The van der Waals surface area contributed by atoms with E-state index in [0.717, 1.165) is 31.2 Å². The molecular formula is C15H23NO3. The van der Waals surface area contributed by atoms with Gasteiger partial charge in [0.05, 0.1) is 19.8 Å². The molecule has 0 radical (unpaired) electrons. The highest BCUT2D eigenvalue weighted by Gasteiger charge is 2.14. The van der Waals surface area contributed by atoms with Crippen LogP contribution in [0.25, 0.3) is 0 Å². The number of hydrogen-bond donors (Lipinski definition) is 1. The Kier molecular flexibility index (Phi) is 5.48. The molecular weight excluding hydrogens is 242 g/mol. The molecule has 0 bridgehead atoms. The summed E-state index contributed by atoms with van der Waals surface area (Å²) >= 11 is 0. The van der Waals surface area contributed by atoms with Crippen molar-refractivity contribution in [1.82, 2.24) is 5.32 Å². The molecule has 106 valence electrons. The molecule has 1 aromatic carbocycles. The summed E-state index contributed by atoms with van der Waals surface area (Å²) in [5, 5.41) is 3.43. The molecule has 1 aliphatic rings. The Morgan fingerprint density at radius 3 is 2.95 bits per heavy atom. The molecule has 1 heterocycles. The lowest BCUT2D eigenvalue weighted by atomic mass is 10.2. The van der Waals surface area contributed by atoms with E-state index in [9.17, 15) is 0 Å². The number of hydrogen-bond acceptors (Lipinski definition) is 4. The fraction of sp³-hybridized carbons (Fsp3) is 0.600. The molecule has 4 nitrogen and oxygen atoms in total. The van der Waals surface area contributed by atoms with E-state index in [1.165, 1.54) is 18.4 Å². The maximum atomic E-state index is 5.58. The third-order valence-corrected chi connectivity index (χ3v) is 3.25. The summed E-state index contributed by atoms with van der Waals surface area (Å²) in [6.07, 6.45) is 2.73. The number of ether oxygens (including phenoxy) is 3. The summed E-state index contributed by atoms with van der Waals surface area (Å²) in [5.41, 5.74) is 1.20. The summed E-state index contributed by atoms with van der Waals surface area (Å²) in [5.74, 6) is 1.59. The van der Waals surface area contributed by atoms with E-state index in [1.54, 1.807) is 7.11 Å². The summed E-state index contributed by atoms with van der Waals surface area (Å²) in [4.78, 5) is 0. The predicted molar refractivity (Wildman–Crippen MR) is 74.8 cm³/mol. The van der Waals surface area contributed by atoms with Gasteiger partial charge in [-0.15, -0.1) is 0 Å². The topological polar surface area (TPSA) is 39.7 Å². The van der Waals surface area contributed by atoms with Crippen LogP contribution in [0.5, 0.6) is 11.5 Å². The van der Waals surface area contributed by atoms with Crippen LogP contribution in [0.4, 0.5) is 0 Å². The van der Waals surface area contributed by atoms with Gasteiger partial charge in [-0.1, -0.05) is 6.07 Å². The SMILES string of the molecule is CCOc1cc(CNC[C@H]2CCCO2)ccc1OC. The molecule has 1 N–H and O–H groups in total. The Morgan fingerprint density at radius 2 is 2.26 bits per heavy atom. The van der Waals surface area contributed by atoms with Crippen LogP contribution in [-0.2, 0) is 11.3 Å². The minimum Gasteiger partial charge on any atom is -0.493 e. The van der Waals surface area contributed by atoms with E-state index in [4.69, 9.17) is 14.2 Å². The molecule has 1 saturated heterocycles. The van der Waals surface area contributed by atoms with Crippen molar-refractivity contribution in [3.8, 4) is 11.5 Å². The average Bonchev–Trinajstić information content (AvgIpc) is 2.93. The standard InChI is InChI=1S/C15H23NO3/c1-3-18-15-9-12(6-7-14(15)17-2)10-16-11-13-5-4-8-19-13/h6-7,9,13,16H,3-5,8,10-11H2,1-2H3/t13-/m1/s1. The number of nitrogens with one attached hydrogen (secondary N) is 1. The highest BCUT2D eigenvalue weighted by molar-refractivity contribution is 5.42. The summed E-state index contributed by atoms with van der Waals surface area (Å²) < 4.78 is 16.4. The molecule has 0 saturated carbocycles. The lowest BCUT2D eigenvalue weighted by molar-refractivity contribution is 0.110. The first-order valence-corrected chi connectivity index (χ1v) is 6.95. The van der Waals surface area contributed by atoms with Gasteiger partial charge >= 0.3 is 0 Å². The maximum Gasteiger partial charge on any atom is 0.161 e. The van der Waals surface area contributed by atoms with Crippen molar-refractivity contribution in [2.45, 2.75) is 32.4 Å². The van der Waals surface area contributed by atoms with Crippen LogP contribution in [0, 0.1) is 0 Å². The second kappa shape index (κ2) is 7.36. The van der Waals surface area contributed by atoms with E-state index >= 15 is 0 Å². The third kappa shape index (κ3) is 4.11. The van der Waals surface area contributed by atoms with Crippen molar-refractivity contribution in [2.75, 3.05) is 26.9 Å². The van der Waals surface area contributed by atoms with E-state index in [2.05, 4.69) is 11.4 Å². The van der Waals surface area contributed by atoms with Crippen molar-refractivity contribution in [3.05, 3.63) is 23.8 Å². The Bertz CT molecular complexity index is 389. The molecule has 0 spiro atoms. The first-order chi connectivity index (χ1) is 9.33. The van der Waals surface area contributed by atoms with Crippen LogP contribution in [0.2, 0.25) is 0 Å². The van der Waals surface area contributed by atoms with Crippen LogP contribution >= 0.6 is 0 Å². The first-order valence-electron chi connectivity index (χ1n) is 6.95. The molecule has 0 aromatic heterocycles. The molecule has 1 aliphatic heterocycles. The van der Waals surface area contributed by atoms with Gasteiger partial charge in [0.1, 0.15) is 0 Å². The summed E-state index contributed by atoms with van der Waals surface area (Å²) in [7, 11) is 1.66. The van der Waals surface area contributed by atoms with Crippen LogP contribution < -0.4 is 14.8 Å².